The van der Waals surface area contributed by atoms with Gasteiger partial charge in [-0.25, -0.2) is 4.68 Å². The fourth-order valence-corrected chi connectivity index (χ4v) is 2.19. The van der Waals surface area contributed by atoms with E-state index in [9.17, 15) is 4.79 Å². The lowest BCUT2D eigenvalue weighted by molar-refractivity contribution is -0.122. The first-order valence-corrected chi connectivity index (χ1v) is 5.89. The Bertz CT molecular complexity index is 551. The number of amides is 1. The summed E-state index contributed by atoms with van der Waals surface area (Å²) in [5, 5.41) is 14.4. The summed E-state index contributed by atoms with van der Waals surface area (Å²) < 4.78 is 1.56. The number of carbonyl (C=O) groups is 1. The van der Waals surface area contributed by atoms with Crippen molar-refractivity contribution < 1.29 is 4.79 Å². The zero-order chi connectivity index (χ0) is 12.4. The zero-order valence-electron chi connectivity index (χ0n) is 9.78. The van der Waals surface area contributed by atoms with Crippen molar-refractivity contribution in [1.29, 1.82) is 0 Å². The van der Waals surface area contributed by atoms with Gasteiger partial charge in [-0.05, 0) is 22.4 Å². The summed E-state index contributed by atoms with van der Waals surface area (Å²) in [5.41, 5.74) is 1.20. The van der Waals surface area contributed by atoms with Crippen LogP contribution in [0.3, 0.4) is 0 Å². The summed E-state index contributed by atoms with van der Waals surface area (Å²) in [5.74, 6) is 0.719. The Balaban J connectivity index is 1.79. The first-order chi connectivity index (χ1) is 8.81. The van der Waals surface area contributed by atoms with Crippen LogP contribution in [0, 0.1) is 0 Å². The van der Waals surface area contributed by atoms with Crippen molar-refractivity contribution in [3.63, 3.8) is 0 Å². The number of nitrogens with zero attached hydrogens (tertiary/aromatic N) is 4. The molecule has 6 nitrogen and oxygen atoms in total. The van der Waals surface area contributed by atoms with E-state index in [2.05, 4.69) is 33.0 Å². The van der Waals surface area contributed by atoms with E-state index in [4.69, 9.17) is 0 Å². The van der Waals surface area contributed by atoms with E-state index in [1.54, 1.807) is 4.68 Å². The topological polar surface area (TPSA) is 72.7 Å². The highest BCUT2D eigenvalue weighted by Crippen LogP contribution is 2.09. The lowest BCUT2D eigenvalue weighted by atomic mass is 10.0. The van der Waals surface area contributed by atoms with Crippen LogP contribution in [0.1, 0.15) is 11.4 Å². The van der Waals surface area contributed by atoms with E-state index in [0.29, 0.717) is 6.42 Å². The molecule has 0 unspecified atom stereocenters. The molecule has 2 aromatic rings. The fourth-order valence-electron chi connectivity index (χ4n) is 2.19. The minimum absolute atomic E-state index is 0.0398. The van der Waals surface area contributed by atoms with Gasteiger partial charge in [0.2, 0.25) is 5.91 Å². The maximum absolute atomic E-state index is 11.7. The smallest absolute Gasteiger partial charge is 0.242 e. The van der Waals surface area contributed by atoms with E-state index in [1.807, 2.05) is 18.2 Å². The van der Waals surface area contributed by atoms with Crippen LogP contribution >= 0.6 is 0 Å². The second-order valence-electron chi connectivity index (χ2n) is 4.41. The largest absolute Gasteiger partial charge is 0.351 e. The normalized spacial score (nSPS) is 18.9. The average Bonchev–Trinajstić information content (AvgIpc) is 2.71. The lowest BCUT2D eigenvalue weighted by Gasteiger charge is -2.14. The number of hydrogen-bond donors (Lipinski definition) is 1. The molecule has 1 atom stereocenters. The zero-order valence-corrected chi connectivity index (χ0v) is 9.78. The van der Waals surface area contributed by atoms with Gasteiger partial charge in [0.05, 0.1) is 0 Å². The molecule has 1 amide bonds. The Morgan fingerprint density at radius 2 is 2.17 bits per heavy atom. The maximum Gasteiger partial charge on any atom is 0.242 e. The van der Waals surface area contributed by atoms with Crippen LogP contribution in [0.2, 0.25) is 0 Å². The highest BCUT2D eigenvalue weighted by molar-refractivity contribution is 5.76. The molecule has 1 N–H and O–H groups in total. The Kier molecular flexibility index (Phi) is 2.76. The van der Waals surface area contributed by atoms with E-state index < -0.39 is 0 Å². The third-order valence-electron chi connectivity index (χ3n) is 3.02. The molecular weight excluding hydrogens is 230 g/mol. The molecule has 1 aliphatic rings. The number of tetrazole rings is 1. The molecule has 0 radical (unpaired) electrons. The van der Waals surface area contributed by atoms with Crippen molar-refractivity contribution in [3.8, 4) is 0 Å². The lowest BCUT2D eigenvalue weighted by Crippen LogP contribution is -2.37. The molecule has 92 valence electrons. The molecular formula is C12H13N5O. The molecule has 1 aromatic heterocycles. The quantitative estimate of drug-likeness (QED) is 0.803. The molecule has 18 heavy (non-hydrogen) atoms. The Morgan fingerprint density at radius 3 is 3.00 bits per heavy atom. The number of hydrogen-bond acceptors (Lipinski definition) is 4. The second kappa shape index (κ2) is 4.56. The minimum atomic E-state index is -0.0398. The standard InChI is InChI=1S/C12H13N5O/c18-12-8-17-11(14-15-16-17)7-10(13-12)6-9-4-2-1-3-5-9/h1-5,10H,6-8H2,(H,13,18)/t10-/m0/s1. The summed E-state index contributed by atoms with van der Waals surface area (Å²) >= 11 is 0. The molecule has 0 bridgehead atoms. The number of fused-ring (bicyclic) bond motifs is 1. The summed E-state index contributed by atoms with van der Waals surface area (Å²) in [6.45, 7) is 0.202. The molecule has 1 aliphatic heterocycles. The molecule has 3 rings (SSSR count). The van der Waals surface area contributed by atoms with E-state index >= 15 is 0 Å². The van der Waals surface area contributed by atoms with Gasteiger partial charge in [0, 0.05) is 12.5 Å². The van der Waals surface area contributed by atoms with E-state index in [1.165, 1.54) is 5.56 Å². The number of nitrogens with one attached hydrogen (secondary N) is 1. The van der Waals surface area contributed by atoms with Crippen LogP contribution in [0.4, 0.5) is 0 Å². The summed E-state index contributed by atoms with van der Waals surface area (Å²) in [7, 11) is 0. The predicted octanol–water partition coefficient (Wildman–Crippen LogP) is -0.0433. The van der Waals surface area contributed by atoms with Crippen molar-refractivity contribution in [3.05, 3.63) is 41.7 Å². The molecule has 0 spiro atoms. The molecule has 0 saturated carbocycles. The number of aromatic nitrogens is 4. The van der Waals surface area contributed by atoms with Crippen molar-refractivity contribution in [2.45, 2.75) is 25.4 Å². The molecule has 0 aliphatic carbocycles. The number of benzene rings is 1. The van der Waals surface area contributed by atoms with Crippen molar-refractivity contribution >= 4 is 5.91 Å². The number of carbonyl (C=O) groups excluding carboxylic acids is 1. The second-order valence-corrected chi connectivity index (χ2v) is 4.41. The molecule has 6 heteroatoms. The van der Waals surface area contributed by atoms with Crippen LogP contribution in [0.25, 0.3) is 0 Å². The van der Waals surface area contributed by atoms with Gasteiger partial charge in [-0.15, -0.1) is 5.10 Å². The average molecular weight is 243 g/mol. The third-order valence-corrected chi connectivity index (χ3v) is 3.02. The molecule has 1 aromatic carbocycles. The third kappa shape index (κ3) is 2.22. The van der Waals surface area contributed by atoms with Crippen LogP contribution in [-0.4, -0.2) is 32.2 Å². The van der Waals surface area contributed by atoms with E-state index in [0.717, 1.165) is 12.2 Å². The van der Waals surface area contributed by atoms with Crippen molar-refractivity contribution in [2.75, 3.05) is 0 Å². The van der Waals surface area contributed by atoms with Gasteiger partial charge in [0.1, 0.15) is 6.54 Å². The summed E-state index contributed by atoms with van der Waals surface area (Å²) in [6, 6.07) is 10.1. The highest BCUT2D eigenvalue weighted by atomic mass is 16.2. The van der Waals surface area contributed by atoms with Crippen LogP contribution < -0.4 is 5.32 Å². The molecule has 0 saturated heterocycles. The van der Waals surface area contributed by atoms with Gasteiger partial charge < -0.3 is 5.32 Å². The number of rotatable bonds is 2. The minimum Gasteiger partial charge on any atom is -0.351 e. The van der Waals surface area contributed by atoms with Crippen LogP contribution in [0.5, 0.6) is 0 Å². The van der Waals surface area contributed by atoms with Gasteiger partial charge in [0.25, 0.3) is 0 Å². The van der Waals surface area contributed by atoms with Crippen molar-refractivity contribution in [1.82, 2.24) is 25.5 Å². The SMILES string of the molecule is O=C1Cn2nnnc2C[C@H](Cc2ccccc2)N1. The van der Waals surface area contributed by atoms with Gasteiger partial charge >= 0.3 is 0 Å². The van der Waals surface area contributed by atoms with Crippen molar-refractivity contribution in [2.24, 2.45) is 0 Å². The Morgan fingerprint density at radius 1 is 1.33 bits per heavy atom. The van der Waals surface area contributed by atoms with Gasteiger partial charge in [-0.3, -0.25) is 4.79 Å². The Hall–Kier alpha value is -2.24. The first-order valence-electron chi connectivity index (χ1n) is 5.89. The van der Waals surface area contributed by atoms with Crippen LogP contribution in [0.15, 0.2) is 30.3 Å². The summed E-state index contributed by atoms with van der Waals surface area (Å²) in [4.78, 5) is 11.7. The molecule has 2 heterocycles. The van der Waals surface area contributed by atoms with Gasteiger partial charge in [-0.1, -0.05) is 30.3 Å². The monoisotopic (exact) mass is 243 g/mol. The fraction of sp³-hybridized carbons (Fsp3) is 0.333. The van der Waals surface area contributed by atoms with Gasteiger partial charge in [-0.2, -0.15) is 0 Å². The van der Waals surface area contributed by atoms with Gasteiger partial charge in [0.15, 0.2) is 5.82 Å². The van der Waals surface area contributed by atoms with Crippen LogP contribution in [-0.2, 0) is 24.2 Å². The first kappa shape index (κ1) is 10.9. The van der Waals surface area contributed by atoms with E-state index in [-0.39, 0.29) is 18.5 Å². The maximum atomic E-state index is 11.7. The highest BCUT2D eigenvalue weighted by Gasteiger charge is 2.22. The summed E-state index contributed by atoms with van der Waals surface area (Å²) in [6.07, 6.45) is 1.45. The molecule has 0 fully saturated rings. The Labute approximate surface area is 104 Å². The predicted molar refractivity (Wildman–Crippen MR) is 63.6 cm³/mol.